The summed E-state index contributed by atoms with van der Waals surface area (Å²) in [6.45, 7) is 0.983. The number of hydrogen-bond acceptors (Lipinski definition) is 4. The van der Waals surface area contributed by atoms with Gasteiger partial charge in [0.05, 0.1) is 0 Å². The van der Waals surface area contributed by atoms with Crippen molar-refractivity contribution in [3.05, 3.63) is 36.7 Å². The molecule has 5 nitrogen and oxygen atoms in total. The standard InChI is InChI=1S/C15H18N4OS.2ClH/c20-14(9-13-10-21-7-6-16-13)19-12-3-1-2-11(8-12)15-17-4-5-18-15;;/h1-5,8,13,16H,6-7,9-10H2,(H,17,18)(H,19,20);2*1H. The molecule has 1 atom stereocenters. The maximum absolute atomic E-state index is 12.1. The molecule has 2 heterocycles. The molecule has 23 heavy (non-hydrogen) atoms. The smallest absolute Gasteiger partial charge is 0.225 e. The summed E-state index contributed by atoms with van der Waals surface area (Å²) in [6, 6.07) is 7.99. The first-order chi connectivity index (χ1) is 10.3. The lowest BCUT2D eigenvalue weighted by Crippen LogP contribution is -2.39. The van der Waals surface area contributed by atoms with Crippen molar-refractivity contribution in [2.75, 3.05) is 23.4 Å². The van der Waals surface area contributed by atoms with E-state index in [1.165, 1.54) is 0 Å². The van der Waals surface area contributed by atoms with Gasteiger partial charge < -0.3 is 15.6 Å². The van der Waals surface area contributed by atoms with Gasteiger partial charge in [-0.2, -0.15) is 11.8 Å². The normalized spacial score (nSPS) is 16.8. The quantitative estimate of drug-likeness (QED) is 0.769. The average molecular weight is 375 g/mol. The Morgan fingerprint density at radius 3 is 2.96 bits per heavy atom. The molecule has 0 radical (unpaired) electrons. The molecule has 1 aliphatic rings. The highest BCUT2D eigenvalue weighted by molar-refractivity contribution is 7.99. The van der Waals surface area contributed by atoms with Gasteiger partial charge in [0.25, 0.3) is 0 Å². The zero-order valence-corrected chi connectivity index (χ0v) is 14.9. The van der Waals surface area contributed by atoms with E-state index in [9.17, 15) is 4.79 Å². The summed E-state index contributed by atoms with van der Waals surface area (Å²) in [6.07, 6.45) is 4.01. The van der Waals surface area contributed by atoms with Crippen LogP contribution in [0.4, 0.5) is 5.69 Å². The highest BCUT2D eigenvalue weighted by Crippen LogP contribution is 2.19. The number of anilines is 1. The van der Waals surface area contributed by atoms with Crippen molar-refractivity contribution in [1.82, 2.24) is 15.3 Å². The second-order valence-electron chi connectivity index (χ2n) is 5.00. The van der Waals surface area contributed by atoms with Gasteiger partial charge in [0.15, 0.2) is 0 Å². The molecule has 0 saturated carbocycles. The van der Waals surface area contributed by atoms with Crippen molar-refractivity contribution in [2.24, 2.45) is 0 Å². The highest BCUT2D eigenvalue weighted by atomic mass is 35.5. The molecular weight excluding hydrogens is 355 g/mol. The van der Waals surface area contributed by atoms with Crippen molar-refractivity contribution in [3.63, 3.8) is 0 Å². The molecule has 126 valence electrons. The van der Waals surface area contributed by atoms with E-state index >= 15 is 0 Å². The van der Waals surface area contributed by atoms with Gasteiger partial charge in [-0.1, -0.05) is 12.1 Å². The fourth-order valence-electron chi connectivity index (χ4n) is 2.35. The van der Waals surface area contributed by atoms with Crippen LogP contribution in [0.5, 0.6) is 0 Å². The van der Waals surface area contributed by atoms with Crippen molar-refractivity contribution in [2.45, 2.75) is 12.5 Å². The van der Waals surface area contributed by atoms with Crippen molar-refractivity contribution >= 4 is 48.2 Å². The van der Waals surface area contributed by atoms with Gasteiger partial charge >= 0.3 is 0 Å². The number of nitrogens with zero attached hydrogens (tertiary/aromatic N) is 1. The number of benzene rings is 1. The molecule has 0 spiro atoms. The predicted molar refractivity (Wildman–Crippen MR) is 101 cm³/mol. The molecule has 1 aromatic heterocycles. The number of amides is 1. The Balaban J connectivity index is 0.00000132. The number of hydrogen-bond donors (Lipinski definition) is 3. The SMILES string of the molecule is Cl.Cl.O=C(CC1CSCCN1)Nc1cccc(-c2ncc[nH]2)c1. The van der Waals surface area contributed by atoms with Gasteiger partial charge in [0, 0.05) is 54.2 Å². The number of carbonyl (C=O) groups is 1. The summed E-state index contributed by atoms with van der Waals surface area (Å²) < 4.78 is 0. The highest BCUT2D eigenvalue weighted by Gasteiger charge is 2.16. The van der Waals surface area contributed by atoms with Crippen LogP contribution in [0.3, 0.4) is 0 Å². The van der Waals surface area contributed by atoms with Gasteiger partial charge in [0.1, 0.15) is 5.82 Å². The summed E-state index contributed by atoms with van der Waals surface area (Å²) in [5.74, 6) is 2.98. The summed E-state index contributed by atoms with van der Waals surface area (Å²) in [7, 11) is 0. The lowest BCUT2D eigenvalue weighted by Gasteiger charge is -2.22. The second-order valence-corrected chi connectivity index (χ2v) is 6.15. The van der Waals surface area contributed by atoms with Gasteiger partial charge in [-0.25, -0.2) is 4.98 Å². The van der Waals surface area contributed by atoms with Crippen LogP contribution < -0.4 is 10.6 Å². The molecule has 3 N–H and O–H groups in total. The number of imidazole rings is 1. The number of rotatable bonds is 4. The second kappa shape index (κ2) is 9.82. The number of halogens is 2. The Bertz CT molecular complexity index is 603. The number of carbonyl (C=O) groups excluding carboxylic acids is 1. The van der Waals surface area contributed by atoms with E-state index in [4.69, 9.17) is 0 Å². The van der Waals surface area contributed by atoms with Crippen molar-refractivity contribution < 1.29 is 4.79 Å². The first-order valence-corrected chi connectivity index (χ1v) is 8.17. The fourth-order valence-corrected chi connectivity index (χ4v) is 3.30. The molecule has 1 fully saturated rings. The fraction of sp³-hybridized carbons (Fsp3) is 0.333. The molecule has 8 heteroatoms. The minimum Gasteiger partial charge on any atom is -0.345 e. The first-order valence-electron chi connectivity index (χ1n) is 7.02. The number of H-pyrrole nitrogens is 1. The molecule has 3 rings (SSSR count). The van der Waals surface area contributed by atoms with Crippen LogP contribution in [0.15, 0.2) is 36.7 Å². The van der Waals surface area contributed by atoms with E-state index in [-0.39, 0.29) is 36.8 Å². The van der Waals surface area contributed by atoms with Gasteiger partial charge in [-0.15, -0.1) is 24.8 Å². The Labute approximate surface area is 152 Å². The van der Waals surface area contributed by atoms with Crippen molar-refractivity contribution in [1.29, 1.82) is 0 Å². The number of aromatic amines is 1. The van der Waals surface area contributed by atoms with Crippen LogP contribution in [0, 0.1) is 0 Å². The lowest BCUT2D eigenvalue weighted by molar-refractivity contribution is -0.116. The summed E-state index contributed by atoms with van der Waals surface area (Å²) in [5.41, 5.74) is 1.77. The van der Waals surface area contributed by atoms with Gasteiger partial charge in [0.2, 0.25) is 5.91 Å². The van der Waals surface area contributed by atoms with E-state index in [1.54, 1.807) is 12.4 Å². The topological polar surface area (TPSA) is 69.8 Å². The third kappa shape index (κ3) is 5.73. The minimum atomic E-state index is 0. The van der Waals surface area contributed by atoms with Crippen LogP contribution in [0.25, 0.3) is 11.4 Å². The van der Waals surface area contributed by atoms with Crippen LogP contribution >= 0.6 is 36.6 Å². The summed E-state index contributed by atoms with van der Waals surface area (Å²) >= 11 is 1.90. The molecule has 0 bridgehead atoms. The predicted octanol–water partition coefficient (Wildman–Crippen LogP) is 2.95. The zero-order valence-electron chi connectivity index (χ0n) is 12.5. The monoisotopic (exact) mass is 374 g/mol. The molecule has 0 aliphatic carbocycles. The molecule has 1 aromatic carbocycles. The van der Waals surface area contributed by atoms with E-state index in [0.717, 1.165) is 35.1 Å². The Morgan fingerprint density at radius 2 is 2.26 bits per heavy atom. The number of aromatic nitrogens is 2. The molecule has 1 aliphatic heterocycles. The van der Waals surface area contributed by atoms with Crippen LogP contribution in [-0.2, 0) is 4.79 Å². The first kappa shape index (κ1) is 19.8. The maximum Gasteiger partial charge on any atom is 0.225 e. The van der Waals surface area contributed by atoms with Crippen LogP contribution in [-0.4, -0.2) is 40.0 Å². The maximum atomic E-state index is 12.1. The van der Waals surface area contributed by atoms with E-state index in [0.29, 0.717) is 6.42 Å². The van der Waals surface area contributed by atoms with Crippen molar-refractivity contribution in [3.8, 4) is 11.4 Å². The lowest BCUT2D eigenvalue weighted by atomic mass is 10.1. The zero-order chi connectivity index (χ0) is 14.5. The van der Waals surface area contributed by atoms with Gasteiger partial charge in [-0.3, -0.25) is 4.79 Å². The van der Waals surface area contributed by atoms with Gasteiger partial charge in [-0.05, 0) is 12.1 Å². The molecule has 1 amide bonds. The third-order valence-corrected chi connectivity index (χ3v) is 4.48. The Morgan fingerprint density at radius 1 is 1.39 bits per heavy atom. The largest absolute Gasteiger partial charge is 0.345 e. The van der Waals surface area contributed by atoms with E-state index in [1.807, 2.05) is 36.0 Å². The molecule has 1 saturated heterocycles. The minimum absolute atomic E-state index is 0. The average Bonchev–Trinajstić information content (AvgIpc) is 3.02. The van der Waals surface area contributed by atoms with Crippen LogP contribution in [0.2, 0.25) is 0 Å². The molecule has 2 aromatic rings. The van der Waals surface area contributed by atoms with E-state index < -0.39 is 0 Å². The Kier molecular flexibility index (Phi) is 8.47. The summed E-state index contributed by atoms with van der Waals surface area (Å²) in [5, 5.41) is 6.33. The molecule has 1 unspecified atom stereocenters. The molecular formula is C15H20Cl2N4OS. The van der Waals surface area contributed by atoms with E-state index in [2.05, 4.69) is 20.6 Å². The summed E-state index contributed by atoms with van der Waals surface area (Å²) in [4.78, 5) is 19.4. The van der Waals surface area contributed by atoms with Crippen LogP contribution in [0.1, 0.15) is 6.42 Å². The number of nitrogens with one attached hydrogen (secondary N) is 3. The third-order valence-electron chi connectivity index (χ3n) is 3.35. The number of thioether (sulfide) groups is 1. The Hall–Kier alpha value is -1.21.